The number of amides is 1. The quantitative estimate of drug-likeness (QED) is 0.815. The Hall–Kier alpha value is -2.87. The summed E-state index contributed by atoms with van der Waals surface area (Å²) in [6, 6.07) is 5.37. The highest BCUT2D eigenvalue weighted by molar-refractivity contribution is 6.04. The van der Waals surface area contributed by atoms with E-state index in [0.29, 0.717) is 24.2 Å². The van der Waals surface area contributed by atoms with Gasteiger partial charge >= 0.3 is 11.9 Å². The van der Waals surface area contributed by atoms with Crippen LogP contribution in [0, 0.1) is 0 Å². The van der Waals surface area contributed by atoms with Gasteiger partial charge in [-0.3, -0.25) is 4.79 Å². The fourth-order valence-electron chi connectivity index (χ4n) is 2.99. The minimum Gasteiger partial charge on any atom is -0.466 e. The molecule has 0 aliphatic carbocycles. The van der Waals surface area contributed by atoms with Crippen LogP contribution in [0.3, 0.4) is 0 Å². The van der Waals surface area contributed by atoms with Crippen molar-refractivity contribution in [1.29, 1.82) is 0 Å². The van der Waals surface area contributed by atoms with Gasteiger partial charge in [-0.05, 0) is 24.1 Å². The average molecular weight is 346 g/mol. The van der Waals surface area contributed by atoms with Gasteiger partial charge < -0.3 is 24.4 Å². The maximum atomic E-state index is 12.3. The van der Waals surface area contributed by atoms with Crippen molar-refractivity contribution in [2.24, 2.45) is 0 Å². The van der Waals surface area contributed by atoms with Gasteiger partial charge in [0.25, 0.3) is 0 Å². The van der Waals surface area contributed by atoms with E-state index in [1.165, 1.54) is 14.2 Å². The van der Waals surface area contributed by atoms with E-state index in [1.54, 1.807) is 17.0 Å². The highest BCUT2D eigenvalue weighted by Crippen LogP contribution is 2.35. The lowest BCUT2D eigenvalue weighted by Gasteiger charge is -2.34. The van der Waals surface area contributed by atoms with E-state index in [-0.39, 0.29) is 30.5 Å². The van der Waals surface area contributed by atoms with Gasteiger partial charge in [0.05, 0.1) is 26.4 Å². The number of rotatable bonds is 3. The molecule has 8 heteroatoms. The molecule has 132 valence electrons. The van der Waals surface area contributed by atoms with Crippen molar-refractivity contribution in [3.63, 3.8) is 0 Å². The van der Waals surface area contributed by atoms with Crippen LogP contribution in [0.25, 0.3) is 0 Å². The van der Waals surface area contributed by atoms with Crippen LogP contribution < -0.4 is 10.2 Å². The second-order valence-corrected chi connectivity index (χ2v) is 5.57. The third kappa shape index (κ3) is 3.08. The minimum absolute atomic E-state index is 0.0423. The average Bonchev–Trinajstić information content (AvgIpc) is 2.65. The smallest absolute Gasteiger partial charge is 0.355 e. The molecule has 25 heavy (non-hydrogen) atoms. The Labute approximate surface area is 144 Å². The molecule has 0 spiro atoms. The van der Waals surface area contributed by atoms with E-state index < -0.39 is 11.9 Å². The predicted octanol–water partition coefficient (Wildman–Crippen LogP) is 0.965. The molecule has 0 saturated carbocycles. The zero-order valence-electron chi connectivity index (χ0n) is 14.0. The van der Waals surface area contributed by atoms with Gasteiger partial charge in [0.1, 0.15) is 12.4 Å². The van der Waals surface area contributed by atoms with E-state index in [0.717, 1.165) is 5.56 Å². The molecule has 2 aliphatic heterocycles. The number of carbonyl (C=O) groups is 3. The Morgan fingerprint density at radius 2 is 1.92 bits per heavy atom. The summed E-state index contributed by atoms with van der Waals surface area (Å²) >= 11 is 0. The second kappa shape index (κ2) is 6.94. The fourth-order valence-corrected chi connectivity index (χ4v) is 2.99. The first-order valence-corrected chi connectivity index (χ1v) is 7.73. The summed E-state index contributed by atoms with van der Waals surface area (Å²) in [4.78, 5) is 37.6. The van der Waals surface area contributed by atoms with Crippen LogP contribution in [0.2, 0.25) is 0 Å². The summed E-state index contributed by atoms with van der Waals surface area (Å²) < 4.78 is 15.1. The lowest BCUT2D eigenvalue weighted by molar-refractivity contribution is -0.140. The van der Waals surface area contributed by atoms with Crippen LogP contribution in [0.5, 0.6) is 0 Å². The van der Waals surface area contributed by atoms with Gasteiger partial charge in [-0.2, -0.15) is 0 Å². The number of carbonyl (C=O) groups excluding carboxylic acids is 3. The summed E-state index contributed by atoms with van der Waals surface area (Å²) in [5, 5.41) is 2.81. The van der Waals surface area contributed by atoms with Crippen molar-refractivity contribution in [3.05, 3.63) is 35.0 Å². The van der Waals surface area contributed by atoms with Crippen molar-refractivity contribution >= 4 is 29.2 Å². The predicted molar refractivity (Wildman–Crippen MR) is 87.7 cm³/mol. The number of hydrogen-bond donors (Lipinski definition) is 1. The summed E-state index contributed by atoms with van der Waals surface area (Å²) in [6.45, 7) is 0.0364. The lowest BCUT2D eigenvalue weighted by Crippen LogP contribution is -2.39. The number of esters is 2. The number of nitrogens with one attached hydrogen (secondary N) is 1. The van der Waals surface area contributed by atoms with Gasteiger partial charge in [0.15, 0.2) is 0 Å². The van der Waals surface area contributed by atoms with Crippen molar-refractivity contribution in [1.82, 2.24) is 0 Å². The number of ether oxygens (including phenoxy) is 3. The molecule has 2 heterocycles. The first-order valence-electron chi connectivity index (χ1n) is 7.73. The fraction of sp³-hybridized carbons (Fsp3) is 0.353. The molecule has 8 nitrogen and oxygen atoms in total. The number of fused-ring (bicyclic) bond motifs is 1. The highest BCUT2D eigenvalue weighted by atomic mass is 16.5. The van der Waals surface area contributed by atoms with Gasteiger partial charge in [0.2, 0.25) is 5.91 Å². The third-order valence-corrected chi connectivity index (χ3v) is 4.15. The number of benzene rings is 1. The van der Waals surface area contributed by atoms with Gasteiger partial charge in [-0.15, -0.1) is 0 Å². The standard InChI is InChI=1S/C17H18N2O6/c1-23-16(21)11-8-25-9-19(15(11)17(22)24-2)13-5-3-4-12-10(13)6-7-14(20)18-12/h3-5H,6-9H2,1-2H3,(H,18,20). The minimum atomic E-state index is -0.652. The van der Waals surface area contributed by atoms with Gasteiger partial charge in [0, 0.05) is 17.8 Å². The Morgan fingerprint density at radius 1 is 1.16 bits per heavy atom. The topological polar surface area (TPSA) is 94.2 Å². The molecule has 0 aromatic heterocycles. The lowest BCUT2D eigenvalue weighted by atomic mass is 9.99. The maximum Gasteiger partial charge on any atom is 0.355 e. The van der Waals surface area contributed by atoms with E-state index in [1.807, 2.05) is 6.07 Å². The summed E-state index contributed by atoms with van der Waals surface area (Å²) in [5.74, 6) is -1.36. The number of anilines is 2. The Morgan fingerprint density at radius 3 is 2.64 bits per heavy atom. The maximum absolute atomic E-state index is 12.3. The third-order valence-electron chi connectivity index (χ3n) is 4.15. The SMILES string of the molecule is COC(=O)C1=C(C(=O)OC)N(c2cccc3c2CCC(=O)N3)COC1. The molecule has 1 amide bonds. The number of nitrogens with zero attached hydrogens (tertiary/aromatic N) is 1. The molecule has 3 rings (SSSR count). The number of methoxy groups -OCH3 is 2. The van der Waals surface area contributed by atoms with Crippen LogP contribution in [0.4, 0.5) is 11.4 Å². The molecule has 1 aromatic carbocycles. The van der Waals surface area contributed by atoms with E-state index in [9.17, 15) is 14.4 Å². The van der Waals surface area contributed by atoms with Crippen molar-refractivity contribution in [3.8, 4) is 0 Å². The zero-order chi connectivity index (χ0) is 18.0. The molecule has 0 atom stereocenters. The normalized spacial score (nSPS) is 16.9. The Bertz CT molecular complexity index is 770. The molecular weight excluding hydrogens is 328 g/mol. The first kappa shape index (κ1) is 17.0. The van der Waals surface area contributed by atoms with Crippen LogP contribution in [-0.2, 0) is 35.0 Å². The first-order chi connectivity index (χ1) is 12.1. The second-order valence-electron chi connectivity index (χ2n) is 5.57. The Kier molecular flexibility index (Phi) is 4.71. The Balaban J connectivity index is 2.12. The van der Waals surface area contributed by atoms with Crippen LogP contribution >= 0.6 is 0 Å². The molecule has 0 radical (unpaired) electrons. The summed E-state index contributed by atoms with van der Waals surface area (Å²) in [7, 11) is 2.49. The van der Waals surface area contributed by atoms with Crippen LogP contribution in [-0.4, -0.2) is 45.4 Å². The number of hydrogen-bond acceptors (Lipinski definition) is 7. The molecule has 0 saturated heterocycles. The van der Waals surface area contributed by atoms with Gasteiger partial charge in [-0.25, -0.2) is 9.59 Å². The summed E-state index contributed by atoms with van der Waals surface area (Å²) in [5.41, 5.74) is 2.42. The van der Waals surface area contributed by atoms with Crippen LogP contribution in [0.15, 0.2) is 29.5 Å². The van der Waals surface area contributed by atoms with Crippen molar-refractivity contribution < 1.29 is 28.6 Å². The molecule has 1 aromatic rings. The molecule has 0 fully saturated rings. The highest BCUT2D eigenvalue weighted by Gasteiger charge is 2.34. The van der Waals surface area contributed by atoms with E-state index in [4.69, 9.17) is 14.2 Å². The van der Waals surface area contributed by atoms with Gasteiger partial charge in [-0.1, -0.05) is 6.07 Å². The van der Waals surface area contributed by atoms with E-state index >= 15 is 0 Å². The van der Waals surface area contributed by atoms with Crippen molar-refractivity contribution in [2.75, 3.05) is 37.8 Å². The largest absolute Gasteiger partial charge is 0.466 e. The molecular formula is C17H18N2O6. The molecule has 0 bridgehead atoms. The van der Waals surface area contributed by atoms with Crippen molar-refractivity contribution in [2.45, 2.75) is 12.8 Å². The molecule has 0 unspecified atom stereocenters. The molecule has 2 aliphatic rings. The monoisotopic (exact) mass is 346 g/mol. The molecule has 1 N–H and O–H groups in total. The van der Waals surface area contributed by atoms with E-state index in [2.05, 4.69) is 5.32 Å². The zero-order valence-corrected chi connectivity index (χ0v) is 14.0. The van der Waals surface area contributed by atoms with Crippen LogP contribution in [0.1, 0.15) is 12.0 Å². The summed E-state index contributed by atoms with van der Waals surface area (Å²) in [6.07, 6.45) is 0.871.